The van der Waals surface area contributed by atoms with Crippen molar-refractivity contribution in [2.24, 2.45) is 11.3 Å². The molecule has 4 aromatic rings. The number of carbonyl (C=O) groups excluding carboxylic acids is 3. The van der Waals surface area contributed by atoms with Crippen LogP contribution in [-0.2, 0) is 15.8 Å². The Morgan fingerprint density at radius 2 is 0.919 bits per heavy atom. The zero-order valence-corrected chi connectivity index (χ0v) is 38.6. The molecule has 0 aliphatic heterocycles. The van der Waals surface area contributed by atoms with E-state index in [1.165, 1.54) is 28.4 Å². The van der Waals surface area contributed by atoms with Crippen LogP contribution in [0.1, 0.15) is 146 Å². The van der Waals surface area contributed by atoms with E-state index in [0.717, 1.165) is 49.7 Å². The van der Waals surface area contributed by atoms with Crippen molar-refractivity contribution in [3.8, 4) is 23.0 Å². The first-order chi connectivity index (χ1) is 29.5. The van der Waals surface area contributed by atoms with Crippen molar-refractivity contribution in [2.45, 2.75) is 110 Å². The Morgan fingerprint density at radius 1 is 0.581 bits per heavy atom. The quantitative estimate of drug-likeness (QED) is 0.0874. The van der Waals surface area contributed by atoms with Crippen molar-refractivity contribution in [3.05, 3.63) is 118 Å². The first-order valence-electron chi connectivity index (χ1n) is 21.8. The molecule has 0 spiro atoms. The van der Waals surface area contributed by atoms with E-state index in [1.807, 2.05) is 55.5 Å². The van der Waals surface area contributed by atoms with Gasteiger partial charge >= 0.3 is 0 Å². The second-order valence-electron chi connectivity index (χ2n) is 18.1. The average Bonchev–Trinajstić information content (AvgIpc) is 3.27. The normalized spacial score (nSPS) is 16.5. The third-order valence-corrected chi connectivity index (χ3v) is 15.1. The largest absolute Gasteiger partial charge is 0.496 e. The Kier molecular flexibility index (Phi) is 16.1. The summed E-state index contributed by atoms with van der Waals surface area (Å²) in [4.78, 5) is 41.7. The van der Waals surface area contributed by atoms with Crippen LogP contribution < -0.4 is 18.9 Å². The van der Waals surface area contributed by atoms with E-state index in [0.29, 0.717) is 43.2 Å². The highest BCUT2D eigenvalue weighted by Gasteiger charge is 2.47. The van der Waals surface area contributed by atoms with Crippen LogP contribution in [0.2, 0.25) is 0 Å². The molecule has 334 valence electrons. The monoisotopic (exact) mass is 868 g/mol. The third-order valence-electron chi connectivity index (χ3n) is 12.2. The fourth-order valence-electron chi connectivity index (χ4n) is 9.42. The van der Waals surface area contributed by atoms with Gasteiger partial charge in [-0.05, 0) is 78.8 Å². The molecule has 2 saturated carbocycles. The van der Waals surface area contributed by atoms with Crippen LogP contribution >= 0.6 is 7.14 Å². The van der Waals surface area contributed by atoms with Crippen molar-refractivity contribution in [3.63, 3.8) is 0 Å². The van der Waals surface area contributed by atoms with Crippen molar-refractivity contribution < 1.29 is 48.1 Å². The van der Waals surface area contributed by atoms with E-state index >= 15 is 0 Å². The summed E-state index contributed by atoms with van der Waals surface area (Å²) in [5.41, 5.74) is -0.959. The number of carbonyl (C=O) groups is 3. The molecule has 2 fully saturated rings. The minimum Gasteiger partial charge on any atom is -0.496 e. The second kappa shape index (κ2) is 20.6. The van der Waals surface area contributed by atoms with E-state index < -0.39 is 29.4 Å². The van der Waals surface area contributed by atoms with Crippen LogP contribution in [0.3, 0.4) is 0 Å². The summed E-state index contributed by atoms with van der Waals surface area (Å²) in [7, 11) is 1.38. The van der Waals surface area contributed by atoms with Crippen molar-refractivity contribution in [1.82, 2.24) is 0 Å². The summed E-state index contributed by atoms with van der Waals surface area (Å²) in [5.74, 6) is 0.477. The van der Waals surface area contributed by atoms with Gasteiger partial charge in [0.1, 0.15) is 34.1 Å². The summed E-state index contributed by atoms with van der Waals surface area (Å²) in [6, 6.07) is 24.6. The van der Waals surface area contributed by atoms with Gasteiger partial charge in [0, 0.05) is 17.3 Å². The first-order valence-corrected chi connectivity index (χ1v) is 23.7. The van der Waals surface area contributed by atoms with Gasteiger partial charge in [0.05, 0.1) is 39.6 Å². The fourth-order valence-corrected chi connectivity index (χ4v) is 12.1. The summed E-state index contributed by atoms with van der Waals surface area (Å²) >= 11 is 0. The SMILES string of the molecule is COc1cccc(OC)c1C(=O)P(=O)(CC(C)CC(C)(C)C)C(=O)c1c(OC)cccc1OC.O=C(c1ccccc1C1(O)CCCCC1)c1ccccc1C1(O)CCCCC1. The number of methoxy groups -OCH3 is 4. The molecule has 1 atom stereocenters. The highest BCUT2D eigenvalue weighted by molar-refractivity contribution is 7.95. The van der Waals surface area contributed by atoms with E-state index in [-0.39, 0.29) is 57.4 Å². The Bertz CT molecular complexity index is 2060. The maximum atomic E-state index is 14.7. The molecule has 0 radical (unpaired) electrons. The standard InChI is InChI=1S/C26H35O7P.C25H30O3/c1-17(15-26(2,3)4)16-34(29,24(27)22-18(30-5)11-9-12-19(22)31-6)25(28)23-20(32-7)13-10-14-21(23)33-8;26-23(19-11-3-5-13-21(19)24(27)15-7-1-8-16-24)20-12-4-6-14-22(20)25(28)17-9-2-10-18-25/h9-14,17H,15-16H2,1-8H3;3-6,11-14,27-28H,1-2,7-10,15-18H2. The van der Waals surface area contributed by atoms with Crippen molar-refractivity contribution in [1.29, 1.82) is 0 Å². The predicted octanol–water partition coefficient (Wildman–Crippen LogP) is 11.4. The third kappa shape index (κ3) is 10.7. The number of hydrogen-bond acceptors (Lipinski definition) is 10. The molecule has 0 amide bonds. The summed E-state index contributed by atoms with van der Waals surface area (Å²) in [5, 5.41) is 22.6. The van der Waals surface area contributed by atoms with E-state index in [1.54, 1.807) is 36.4 Å². The van der Waals surface area contributed by atoms with Crippen LogP contribution in [0.5, 0.6) is 23.0 Å². The molecule has 0 bridgehead atoms. The summed E-state index contributed by atoms with van der Waals surface area (Å²) in [6.45, 7) is 8.08. The molecule has 10 nitrogen and oxygen atoms in total. The minimum absolute atomic E-state index is 0.0130. The second-order valence-corrected chi connectivity index (χ2v) is 20.7. The Balaban J connectivity index is 0.000000238. The molecular formula is C51H65O10P. The molecule has 2 aliphatic rings. The van der Waals surface area contributed by atoms with Gasteiger partial charge in [-0.2, -0.15) is 0 Å². The molecule has 0 saturated heterocycles. The lowest BCUT2D eigenvalue weighted by Crippen LogP contribution is -2.32. The Hall–Kier alpha value is -4.76. The fraction of sp³-hybridized carbons (Fsp3) is 0.471. The molecule has 62 heavy (non-hydrogen) atoms. The Morgan fingerprint density at radius 3 is 1.24 bits per heavy atom. The van der Waals surface area contributed by atoms with Crippen LogP contribution in [0.4, 0.5) is 0 Å². The maximum Gasteiger partial charge on any atom is 0.236 e. The van der Waals surface area contributed by atoms with Gasteiger partial charge in [-0.1, -0.05) is 127 Å². The van der Waals surface area contributed by atoms with Crippen molar-refractivity contribution in [2.75, 3.05) is 34.6 Å². The molecule has 6 rings (SSSR count). The van der Waals surface area contributed by atoms with E-state index in [2.05, 4.69) is 20.8 Å². The van der Waals surface area contributed by atoms with E-state index in [9.17, 15) is 29.2 Å². The maximum absolute atomic E-state index is 14.7. The van der Waals surface area contributed by atoms with Crippen molar-refractivity contribution >= 4 is 24.0 Å². The molecule has 2 N–H and O–H groups in total. The van der Waals surface area contributed by atoms with Gasteiger partial charge in [0.25, 0.3) is 0 Å². The predicted molar refractivity (Wildman–Crippen MR) is 244 cm³/mol. The zero-order valence-electron chi connectivity index (χ0n) is 37.8. The number of rotatable bonds is 15. The molecule has 1 unspecified atom stereocenters. The number of aliphatic hydroxyl groups is 2. The van der Waals surface area contributed by atoms with Gasteiger partial charge in [-0.3, -0.25) is 14.4 Å². The number of ketones is 1. The number of ether oxygens (including phenoxy) is 4. The lowest BCUT2D eigenvalue weighted by atomic mass is 9.74. The van der Waals surface area contributed by atoms with Gasteiger partial charge < -0.3 is 33.7 Å². The Labute approximate surface area is 367 Å². The molecule has 0 heterocycles. The van der Waals surface area contributed by atoms with E-state index in [4.69, 9.17) is 18.9 Å². The van der Waals surface area contributed by atoms with Crippen LogP contribution in [-0.4, -0.2) is 61.6 Å². The lowest BCUT2D eigenvalue weighted by molar-refractivity contribution is -0.00189. The first kappa shape index (κ1) is 48.3. The van der Waals surface area contributed by atoms with Gasteiger partial charge in [-0.25, -0.2) is 0 Å². The number of benzene rings is 4. The summed E-state index contributed by atoms with van der Waals surface area (Å²) < 4.78 is 36.2. The molecule has 2 aliphatic carbocycles. The number of hydrogen-bond donors (Lipinski definition) is 2. The van der Waals surface area contributed by atoms with Gasteiger partial charge in [-0.15, -0.1) is 0 Å². The lowest BCUT2D eigenvalue weighted by Gasteiger charge is -2.35. The molecule has 0 aromatic heterocycles. The summed E-state index contributed by atoms with van der Waals surface area (Å²) in [6.07, 6.45) is 9.55. The minimum atomic E-state index is -4.25. The highest BCUT2D eigenvalue weighted by atomic mass is 31.2. The van der Waals surface area contributed by atoms with Crippen LogP contribution in [0.15, 0.2) is 84.9 Å². The smallest absolute Gasteiger partial charge is 0.236 e. The average molecular weight is 869 g/mol. The molecule has 11 heteroatoms. The highest BCUT2D eigenvalue weighted by Crippen LogP contribution is 2.58. The molecule has 4 aromatic carbocycles. The van der Waals surface area contributed by atoms with Gasteiger partial charge in [0.2, 0.25) is 18.2 Å². The zero-order chi connectivity index (χ0) is 45.3. The topological polar surface area (TPSA) is 146 Å². The van der Waals surface area contributed by atoms with Crippen LogP contribution in [0, 0.1) is 11.3 Å². The van der Waals surface area contributed by atoms with Crippen LogP contribution in [0.25, 0.3) is 0 Å². The van der Waals surface area contributed by atoms with Gasteiger partial charge in [0.15, 0.2) is 5.78 Å². The molecular weight excluding hydrogens is 804 g/mol.